The minimum Gasteiger partial charge on any atom is -0.303 e. The Labute approximate surface area is 242 Å². The molecule has 11 heteroatoms. The van der Waals surface area contributed by atoms with Gasteiger partial charge in [-0.2, -0.15) is 23.4 Å². The van der Waals surface area contributed by atoms with Crippen LogP contribution >= 0.6 is 11.6 Å². The highest BCUT2D eigenvalue weighted by atomic mass is 35.5. The van der Waals surface area contributed by atoms with Gasteiger partial charge in [0.15, 0.2) is 0 Å². The van der Waals surface area contributed by atoms with Crippen molar-refractivity contribution >= 4 is 46.1 Å². The van der Waals surface area contributed by atoms with Crippen molar-refractivity contribution in [2.24, 2.45) is 5.10 Å². The number of hydrogen-bond acceptors (Lipinski definition) is 4. The fourth-order valence-electron chi connectivity index (χ4n) is 4.94. The van der Waals surface area contributed by atoms with Crippen LogP contribution in [0.5, 0.6) is 0 Å². The van der Waals surface area contributed by atoms with Gasteiger partial charge in [-0.25, -0.2) is 10.1 Å². The number of halogens is 4. The zero-order chi connectivity index (χ0) is 29.6. The van der Waals surface area contributed by atoms with E-state index in [1.807, 2.05) is 36.4 Å². The Hall–Kier alpha value is -4.96. The number of nitrogens with zero attached hydrogens (tertiary/aromatic N) is 4. The highest BCUT2D eigenvalue weighted by molar-refractivity contribution is 6.32. The summed E-state index contributed by atoms with van der Waals surface area (Å²) in [7, 11) is 0. The van der Waals surface area contributed by atoms with Crippen LogP contribution in [0.25, 0.3) is 16.5 Å². The third kappa shape index (κ3) is 4.90. The Kier molecular flexibility index (Phi) is 6.78. The molecule has 42 heavy (non-hydrogen) atoms. The third-order valence-electron chi connectivity index (χ3n) is 7.03. The zero-order valence-electron chi connectivity index (χ0n) is 22.0. The van der Waals surface area contributed by atoms with E-state index in [1.165, 1.54) is 23.0 Å². The van der Waals surface area contributed by atoms with E-state index in [2.05, 4.69) is 15.6 Å². The second-order valence-electron chi connectivity index (χ2n) is 9.72. The second kappa shape index (κ2) is 10.5. The van der Waals surface area contributed by atoms with Crippen LogP contribution < -0.4 is 10.3 Å². The summed E-state index contributed by atoms with van der Waals surface area (Å²) in [6.07, 6.45) is -3.22. The lowest BCUT2D eigenvalue weighted by Crippen LogP contribution is -2.26. The Balaban J connectivity index is 1.13. The van der Waals surface area contributed by atoms with Crippen LogP contribution in [-0.2, 0) is 12.7 Å². The van der Waals surface area contributed by atoms with Gasteiger partial charge < -0.3 is 4.90 Å². The van der Waals surface area contributed by atoms with Crippen molar-refractivity contribution in [2.45, 2.75) is 19.6 Å². The number of aryl methyl sites for hydroxylation is 1. The summed E-state index contributed by atoms with van der Waals surface area (Å²) in [4.78, 5) is 27.5. The molecule has 1 aliphatic heterocycles. The number of carbonyl (C=O) groups is 2. The maximum absolute atomic E-state index is 13.1. The summed E-state index contributed by atoms with van der Waals surface area (Å²) in [6, 6.07) is 23.0. The largest absolute Gasteiger partial charge is 0.416 e. The molecule has 0 fully saturated rings. The molecule has 7 nitrogen and oxygen atoms in total. The number of alkyl halides is 3. The van der Waals surface area contributed by atoms with Crippen LogP contribution in [-0.4, -0.2) is 27.8 Å². The number of rotatable bonds is 6. The number of amides is 2. The fourth-order valence-corrected chi connectivity index (χ4v) is 5.26. The Morgan fingerprint density at radius 2 is 1.74 bits per heavy atom. The molecule has 1 N–H and O–H groups in total. The average Bonchev–Trinajstić information content (AvgIpc) is 3.42. The number of carbonyl (C=O) groups excluding carboxylic acids is 2. The number of anilines is 1. The third-order valence-corrected chi connectivity index (χ3v) is 7.40. The maximum atomic E-state index is 13.1. The molecule has 0 unspecified atom stereocenters. The molecular weight excluding hydrogens is 567 g/mol. The normalized spacial score (nSPS) is 13.0. The van der Waals surface area contributed by atoms with Crippen molar-refractivity contribution in [3.63, 3.8) is 0 Å². The number of hydrazone groups is 1. The van der Waals surface area contributed by atoms with Gasteiger partial charge in [-0.05, 0) is 60.3 Å². The molecule has 1 aliphatic rings. The molecule has 210 valence electrons. The summed E-state index contributed by atoms with van der Waals surface area (Å²) in [5, 5.41) is 10.2. The summed E-state index contributed by atoms with van der Waals surface area (Å²) in [5.41, 5.74) is 5.21. The van der Waals surface area contributed by atoms with Gasteiger partial charge in [0, 0.05) is 16.5 Å². The van der Waals surface area contributed by atoms with Crippen molar-refractivity contribution in [3.05, 3.63) is 124 Å². The first kappa shape index (κ1) is 27.2. The molecule has 0 spiro atoms. The monoisotopic (exact) mass is 587 g/mol. The maximum Gasteiger partial charge on any atom is 0.416 e. The van der Waals surface area contributed by atoms with Crippen LogP contribution in [0.2, 0.25) is 5.15 Å². The molecule has 4 aromatic carbocycles. The van der Waals surface area contributed by atoms with Crippen LogP contribution in [0.4, 0.5) is 18.9 Å². The van der Waals surface area contributed by atoms with Crippen molar-refractivity contribution in [3.8, 4) is 5.69 Å². The highest BCUT2D eigenvalue weighted by Crippen LogP contribution is 2.38. The van der Waals surface area contributed by atoms with Gasteiger partial charge in [-0.1, -0.05) is 54.1 Å². The van der Waals surface area contributed by atoms with E-state index in [4.69, 9.17) is 11.6 Å². The number of nitrogens with one attached hydrogen (secondary N) is 1. The van der Waals surface area contributed by atoms with Gasteiger partial charge >= 0.3 is 6.18 Å². The SMILES string of the molecule is Cc1nn(-c2cccc(C(F)(F)F)c2)c(Cl)c1/C=N\NC(=O)c1ccc(CN2C(=O)c3cccc4cccc2c34)cc1. The first-order valence-electron chi connectivity index (χ1n) is 12.8. The minimum absolute atomic E-state index is 0.0449. The summed E-state index contributed by atoms with van der Waals surface area (Å²) in [6.45, 7) is 1.97. The predicted octanol–water partition coefficient (Wildman–Crippen LogP) is 6.93. The predicted molar refractivity (Wildman–Crippen MR) is 154 cm³/mol. The number of hydrogen-bond donors (Lipinski definition) is 1. The molecule has 0 radical (unpaired) electrons. The van der Waals surface area contributed by atoms with Gasteiger partial charge in [-0.3, -0.25) is 9.59 Å². The lowest BCUT2D eigenvalue weighted by molar-refractivity contribution is -0.137. The molecule has 2 heterocycles. The van der Waals surface area contributed by atoms with Gasteiger partial charge in [-0.15, -0.1) is 0 Å². The van der Waals surface area contributed by atoms with Crippen molar-refractivity contribution in [1.29, 1.82) is 0 Å². The van der Waals surface area contributed by atoms with Crippen LogP contribution in [0.3, 0.4) is 0 Å². The molecule has 0 aliphatic carbocycles. The standard InChI is InChI=1S/C31H21ClF3N5O2/c1-18-25(28(32)40(38-18)23-8-4-7-22(15-23)31(33,34)35)16-36-37-29(41)21-13-11-19(12-14-21)17-39-26-10-3-6-20-5-2-9-24(27(20)26)30(39)42/h2-16H,17H2,1H3,(H,37,41)/b36-16-. The lowest BCUT2D eigenvalue weighted by atomic mass is 10.1. The van der Waals surface area contributed by atoms with Crippen LogP contribution in [0.1, 0.15) is 43.1 Å². The molecule has 6 rings (SSSR count). The first-order chi connectivity index (χ1) is 20.1. The second-order valence-corrected chi connectivity index (χ2v) is 10.1. The molecule has 0 saturated heterocycles. The molecule has 0 bridgehead atoms. The van der Waals surface area contributed by atoms with Crippen molar-refractivity contribution in [1.82, 2.24) is 15.2 Å². The van der Waals surface area contributed by atoms with Crippen molar-refractivity contribution in [2.75, 3.05) is 4.90 Å². The minimum atomic E-state index is -4.51. The van der Waals surface area contributed by atoms with Gasteiger partial charge in [0.05, 0.1) is 41.0 Å². The smallest absolute Gasteiger partial charge is 0.303 e. The molecule has 0 atom stereocenters. The molecular formula is C31H21ClF3N5O2. The Morgan fingerprint density at radius 3 is 2.48 bits per heavy atom. The van der Waals surface area contributed by atoms with E-state index in [1.54, 1.807) is 36.1 Å². The summed E-state index contributed by atoms with van der Waals surface area (Å²) in [5.74, 6) is -0.547. The summed E-state index contributed by atoms with van der Waals surface area (Å²) >= 11 is 6.40. The van der Waals surface area contributed by atoms with Crippen LogP contribution in [0.15, 0.2) is 90.0 Å². The molecule has 0 saturated carbocycles. The van der Waals surface area contributed by atoms with Crippen LogP contribution in [0, 0.1) is 6.92 Å². The van der Waals surface area contributed by atoms with E-state index >= 15 is 0 Å². The number of benzene rings is 4. The number of aromatic nitrogens is 2. The quantitative estimate of drug-likeness (QED) is 0.173. The van der Waals surface area contributed by atoms with Gasteiger partial charge in [0.25, 0.3) is 11.8 Å². The van der Waals surface area contributed by atoms with E-state index in [9.17, 15) is 22.8 Å². The Bertz CT molecular complexity index is 1890. The Morgan fingerprint density at radius 1 is 1.02 bits per heavy atom. The first-order valence-corrected chi connectivity index (χ1v) is 13.2. The van der Waals surface area contributed by atoms with E-state index in [0.717, 1.165) is 34.2 Å². The van der Waals surface area contributed by atoms with E-state index in [-0.39, 0.29) is 16.7 Å². The molecule has 1 aromatic heterocycles. The summed E-state index contributed by atoms with van der Waals surface area (Å²) < 4.78 is 40.6. The average molecular weight is 588 g/mol. The van der Waals surface area contributed by atoms with Gasteiger partial charge in [0.1, 0.15) is 5.15 Å². The van der Waals surface area contributed by atoms with E-state index < -0.39 is 17.6 Å². The topological polar surface area (TPSA) is 79.6 Å². The fraction of sp³-hybridized carbons (Fsp3) is 0.0968. The zero-order valence-corrected chi connectivity index (χ0v) is 22.7. The van der Waals surface area contributed by atoms with Crippen molar-refractivity contribution < 1.29 is 22.8 Å². The molecule has 2 amide bonds. The molecule has 5 aromatic rings. The lowest BCUT2D eigenvalue weighted by Gasteiger charge is -2.18. The van der Waals surface area contributed by atoms with E-state index in [0.29, 0.717) is 28.9 Å². The van der Waals surface area contributed by atoms with Gasteiger partial charge in [0.2, 0.25) is 0 Å². The highest BCUT2D eigenvalue weighted by Gasteiger charge is 2.31.